The minimum atomic E-state index is -1.84. The third kappa shape index (κ3) is 4.42. The molecule has 1 fully saturated rings. The number of hydrogen-bond donors (Lipinski definition) is 1. The van der Waals surface area contributed by atoms with Crippen molar-refractivity contribution >= 4 is 17.7 Å². The highest BCUT2D eigenvalue weighted by molar-refractivity contribution is 5.90. The fraction of sp³-hybridized carbons (Fsp3) is 0.731. The van der Waals surface area contributed by atoms with Gasteiger partial charge < -0.3 is 24.1 Å². The molecule has 0 spiro atoms. The van der Waals surface area contributed by atoms with E-state index in [4.69, 9.17) is 18.9 Å². The first-order chi connectivity index (χ1) is 15.8. The molecule has 1 saturated heterocycles. The standard InChI is InChI=1S/C26H38O8/c1-13(2)17-16-10-9-15(4)21-18(19(23(28)32-8)26(6,30)33-21)20(27)14(3)11-12-25(16,5)34-24(29)22(17)31-7/h9,13-14,16,18-19,21,30H,10-12H2,1-8H3/b15-9-/t14-,16+,18-,19+,21-,25-,26+/m1/s1. The van der Waals surface area contributed by atoms with Gasteiger partial charge in [0.15, 0.2) is 5.79 Å². The summed E-state index contributed by atoms with van der Waals surface area (Å²) in [5.41, 5.74) is 0.810. The van der Waals surface area contributed by atoms with Crippen molar-refractivity contribution in [1.82, 2.24) is 0 Å². The summed E-state index contributed by atoms with van der Waals surface area (Å²) < 4.78 is 22.3. The van der Waals surface area contributed by atoms with Gasteiger partial charge in [0.05, 0.1) is 26.2 Å². The zero-order valence-corrected chi connectivity index (χ0v) is 21.5. The lowest BCUT2D eigenvalue weighted by Crippen LogP contribution is -2.47. The summed E-state index contributed by atoms with van der Waals surface area (Å²) in [6.07, 6.45) is 2.64. The highest BCUT2D eigenvalue weighted by Crippen LogP contribution is 2.48. The molecule has 0 amide bonds. The van der Waals surface area contributed by atoms with E-state index in [9.17, 15) is 19.5 Å². The first-order valence-corrected chi connectivity index (χ1v) is 12.0. The van der Waals surface area contributed by atoms with Crippen molar-refractivity contribution in [3.8, 4) is 0 Å². The summed E-state index contributed by atoms with van der Waals surface area (Å²) in [5, 5.41) is 10.9. The number of ketones is 1. The number of esters is 2. The van der Waals surface area contributed by atoms with E-state index in [1.165, 1.54) is 21.1 Å². The van der Waals surface area contributed by atoms with E-state index in [0.717, 1.165) is 11.1 Å². The Balaban J connectivity index is 2.13. The molecule has 0 saturated carbocycles. The summed E-state index contributed by atoms with van der Waals surface area (Å²) in [5.74, 6) is -5.50. The SMILES string of the molecule is COC(=O)[C@@H]1[C@@H]2C(=O)[C@H](C)CC[C@@]3(C)OC(=O)C(OC)=C(C(C)C)[C@@H]3C/C=C(/C)[C@H]2O[C@]1(C)O. The smallest absolute Gasteiger partial charge is 0.374 e. The number of rotatable bonds is 3. The lowest BCUT2D eigenvalue weighted by Gasteiger charge is -2.43. The van der Waals surface area contributed by atoms with Crippen LogP contribution in [-0.4, -0.2) is 54.5 Å². The second kappa shape index (κ2) is 9.46. The largest absolute Gasteiger partial charge is 0.490 e. The molecule has 0 aromatic carbocycles. The van der Waals surface area contributed by atoms with Gasteiger partial charge in [-0.05, 0) is 57.1 Å². The van der Waals surface area contributed by atoms with Crippen LogP contribution in [0.4, 0.5) is 0 Å². The summed E-state index contributed by atoms with van der Waals surface area (Å²) in [6, 6.07) is 0. The van der Waals surface area contributed by atoms with Crippen LogP contribution in [0.1, 0.15) is 60.8 Å². The number of carbonyl (C=O) groups excluding carboxylic acids is 3. The molecule has 1 aliphatic carbocycles. The Hall–Kier alpha value is -2.19. The van der Waals surface area contributed by atoms with Crippen molar-refractivity contribution in [3.05, 3.63) is 23.0 Å². The molecule has 34 heavy (non-hydrogen) atoms. The maximum Gasteiger partial charge on any atom is 0.374 e. The third-order valence-electron chi connectivity index (χ3n) is 7.81. The van der Waals surface area contributed by atoms with E-state index < -0.39 is 47.2 Å². The van der Waals surface area contributed by atoms with Gasteiger partial charge in [-0.1, -0.05) is 26.8 Å². The topological polar surface area (TPSA) is 108 Å². The van der Waals surface area contributed by atoms with Gasteiger partial charge in [0.25, 0.3) is 0 Å². The zero-order chi connectivity index (χ0) is 25.6. The van der Waals surface area contributed by atoms with Gasteiger partial charge in [-0.25, -0.2) is 4.79 Å². The van der Waals surface area contributed by atoms with Crippen molar-refractivity contribution in [2.45, 2.75) is 78.3 Å². The Morgan fingerprint density at radius 3 is 2.44 bits per heavy atom. The van der Waals surface area contributed by atoms with Crippen LogP contribution in [0.2, 0.25) is 0 Å². The lowest BCUT2D eigenvalue weighted by atomic mass is 9.71. The summed E-state index contributed by atoms with van der Waals surface area (Å²) in [6.45, 7) is 11.0. The molecular formula is C26H38O8. The minimum Gasteiger partial charge on any atom is -0.490 e. The molecule has 0 bridgehead atoms. The van der Waals surface area contributed by atoms with Crippen molar-refractivity contribution < 1.29 is 38.4 Å². The second-order valence-electron chi connectivity index (χ2n) is 10.5. The van der Waals surface area contributed by atoms with Gasteiger partial charge >= 0.3 is 11.9 Å². The van der Waals surface area contributed by atoms with E-state index in [2.05, 4.69) is 0 Å². The van der Waals surface area contributed by atoms with E-state index in [0.29, 0.717) is 19.3 Å². The van der Waals surface area contributed by atoms with Crippen molar-refractivity contribution in [3.63, 3.8) is 0 Å². The second-order valence-corrected chi connectivity index (χ2v) is 10.5. The van der Waals surface area contributed by atoms with Crippen molar-refractivity contribution in [2.24, 2.45) is 29.6 Å². The Morgan fingerprint density at radius 2 is 1.88 bits per heavy atom. The summed E-state index contributed by atoms with van der Waals surface area (Å²) >= 11 is 0. The number of methoxy groups -OCH3 is 2. The van der Waals surface area contributed by atoms with Gasteiger partial charge in [0, 0.05) is 11.8 Å². The van der Waals surface area contributed by atoms with Crippen LogP contribution in [0.15, 0.2) is 23.0 Å². The van der Waals surface area contributed by atoms with Gasteiger partial charge in [-0.3, -0.25) is 9.59 Å². The van der Waals surface area contributed by atoms with Crippen LogP contribution in [0.5, 0.6) is 0 Å². The first-order valence-electron chi connectivity index (χ1n) is 12.0. The number of hydrogen-bond acceptors (Lipinski definition) is 8. The predicted octanol–water partition coefficient (Wildman–Crippen LogP) is 3.32. The molecule has 3 rings (SSSR count). The molecule has 3 aliphatic rings. The zero-order valence-electron chi connectivity index (χ0n) is 21.5. The summed E-state index contributed by atoms with van der Waals surface area (Å²) in [4.78, 5) is 39.1. The van der Waals surface area contributed by atoms with Crippen LogP contribution in [0, 0.1) is 29.6 Å². The van der Waals surface area contributed by atoms with Crippen LogP contribution in [0.25, 0.3) is 0 Å². The number of fused-ring (bicyclic) bond motifs is 2. The monoisotopic (exact) mass is 478 g/mol. The molecule has 190 valence electrons. The number of allylic oxidation sites excluding steroid dienone is 1. The first kappa shape index (κ1) is 26.4. The number of aliphatic hydroxyl groups is 1. The number of ether oxygens (including phenoxy) is 4. The molecule has 8 nitrogen and oxygen atoms in total. The van der Waals surface area contributed by atoms with E-state index in [-0.39, 0.29) is 23.4 Å². The van der Waals surface area contributed by atoms with Crippen LogP contribution >= 0.6 is 0 Å². The van der Waals surface area contributed by atoms with Crippen LogP contribution < -0.4 is 0 Å². The fourth-order valence-electron chi connectivity index (χ4n) is 5.89. The van der Waals surface area contributed by atoms with Gasteiger partial charge in [0.1, 0.15) is 17.3 Å². The maximum absolute atomic E-state index is 13.7. The van der Waals surface area contributed by atoms with E-state index >= 15 is 0 Å². The predicted molar refractivity (Wildman–Crippen MR) is 123 cm³/mol. The highest BCUT2D eigenvalue weighted by atomic mass is 16.6. The van der Waals surface area contributed by atoms with E-state index in [1.807, 2.05) is 33.8 Å². The lowest BCUT2D eigenvalue weighted by molar-refractivity contribution is -0.202. The van der Waals surface area contributed by atoms with Gasteiger partial charge in [-0.15, -0.1) is 0 Å². The van der Waals surface area contributed by atoms with Crippen LogP contribution in [-0.2, 0) is 33.3 Å². The Labute approximate surface area is 201 Å². The highest BCUT2D eigenvalue weighted by Gasteiger charge is 2.59. The number of Topliss-reactive ketones (excluding diaryl/α,β-unsaturated/α-hetero) is 1. The summed E-state index contributed by atoms with van der Waals surface area (Å²) in [7, 11) is 2.71. The van der Waals surface area contributed by atoms with E-state index in [1.54, 1.807) is 6.92 Å². The Kier molecular flexibility index (Phi) is 7.35. The molecule has 2 aliphatic heterocycles. The molecule has 0 aromatic rings. The molecule has 0 unspecified atom stereocenters. The average Bonchev–Trinajstić information content (AvgIpc) is 3.05. The maximum atomic E-state index is 13.7. The van der Waals surface area contributed by atoms with Crippen LogP contribution in [0.3, 0.4) is 0 Å². The van der Waals surface area contributed by atoms with Crippen molar-refractivity contribution in [1.29, 1.82) is 0 Å². The Bertz CT molecular complexity index is 914. The normalized spacial score (nSPS) is 40.5. The minimum absolute atomic E-state index is 0.0462. The molecule has 8 heteroatoms. The molecule has 2 heterocycles. The third-order valence-corrected chi connectivity index (χ3v) is 7.81. The van der Waals surface area contributed by atoms with Gasteiger partial charge in [-0.2, -0.15) is 0 Å². The van der Waals surface area contributed by atoms with Crippen molar-refractivity contribution in [2.75, 3.05) is 14.2 Å². The fourth-order valence-corrected chi connectivity index (χ4v) is 5.89. The Morgan fingerprint density at radius 1 is 1.24 bits per heavy atom. The molecule has 0 aromatic heterocycles. The quantitative estimate of drug-likeness (QED) is 0.486. The van der Waals surface area contributed by atoms with Gasteiger partial charge in [0.2, 0.25) is 5.76 Å². The molecule has 1 N–H and O–H groups in total. The average molecular weight is 479 g/mol. The number of carbonyl (C=O) groups is 3. The molecule has 0 radical (unpaired) electrons. The molecule has 7 atom stereocenters. The molecular weight excluding hydrogens is 440 g/mol.